The second-order valence-electron chi connectivity index (χ2n) is 11.1. The van der Waals surface area contributed by atoms with E-state index in [1.165, 1.54) is 5.57 Å². The van der Waals surface area contributed by atoms with Crippen LogP contribution in [0.4, 0.5) is 0 Å². The van der Waals surface area contributed by atoms with Crippen molar-refractivity contribution in [3.8, 4) is 0 Å². The quantitative estimate of drug-likeness (QED) is 0.414. The van der Waals surface area contributed by atoms with E-state index in [9.17, 15) is 19.5 Å². The van der Waals surface area contributed by atoms with Crippen LogP contribution in [0, 0.1) is 28.6 Å². The van der Waals surface area contributed by atoms with Crippen LogP contribution in [-0.4, -0.2) is 52.5 Å². The van der Waals surface area contributed by atoms with Crippen molar-refractivity contribution in [3.63, 3.8) is 0 Å². The summed E-state index contributed by atoms with van der Waals surface area (Å²) < 4.78 is 0. The molecular weight excluding hydrogens is 438 g/mol. The maximum Gasteiger partial charge on any atom is 0.326 e. The Hall–Kier alpha value is -2.42. The zero-order valence-corrected chi connectivity index (χ0v) is 20.1. The smallest absolute Gasteiger partial charge is 0.326 e. The Balaban J connectivity index is 1.37. The summed E-state index contributed by atoms with van der Waals surface area (Å²) in [5.74, 6) is -0.911. The second-order valence-corrected chi connectivity index (χ2v) is 11.1. The van der Waals surface area contributed by atoms with Crippen molar-refractivity contribution in [3.05, 3.63) is 11.6 Å². The van der Waals surface area contributed by atoms with Gasteiger partial charge in [0.05, 0.1) is 18.2 Å². The minimum Gasteiger partial charge on any atom is -0.480 e. The average Bonchev–Trinajstić information content (AvgIpc) is 3.07. The summed E-state index contributed by atoms with van der Waals surface area (Å²) >= 11 is 0. The molecule has 0 aromatic carbocycles. The van der Waals surface area contributed by atoms with E-state index in [4.69, 9.17) is 15.7 Å². The topological polar surface area (TPSA) is 151 Å². The lowest BCUT2D eigenvalue weighted by atomic mass is 9.47. The Morgan fingerprint density at radius 2 is 1.94 bits per heavy atom. The van der Waals surface area contributed by atoms with Crippen LogP contribution in [0.2, 0.25) is 0 Å². The summed E-state index contributed by atoms with van der Waals surface area (Å²) in [5, 5.41) is 26.1. The van der Waals surface area contributed by atoms with Crippen LogP contribution in [0.3, 0.4) is 0 Å². The number of allylic oxidation sites excluding steroid dienone is 2. The Bertz CT molecular complexity index is 916. The molecule has 0 aromatic rings. The lowest BCUT2D eigenvalue weighted by Crippen LogP contribution is -2.51. The third-order valence-corrected chi connectivity index (χ3v) is 9.34. The predicted octanol–water partition coefficient (Wildman–Crippen LogP) is 2.13. The van der Waals surface area contributed by atoms with Crippen molar-refractivity contribution < 1.29 is 29.4 Å². The average molecular weight is 476 g/mol. The summed E-state index contributed by atoms with van der Waals surface area (Å²) in [5.41, 5.74) is 7.43. The van der Waals surface area contributed by atoms with Gasteiger partial charge in [-0.1, -0.05) is 24.6 Å². The van der Waals surface area contributed by atoms with Gasteiger partial charge in [-0.2, -0.15) is 0 Å². The van der Waals surface area contributed by atoms with Gasteiger partial charge in [-0.05, 0) is 86.0 Å². The molecule has 0 bridgehead atoms. The number of hydrogen-bond acceptors (Lipinski definition) is 6. The largest absolute Gasteiger partial charge is 0.480 e. The minimum atomic E-state index is -1.38. The van der Waals surface area contributed by atoms with Crippen molar-refractivity contribution in [1.82, 2.24) is 5.32 Å². The van der Waals surface area contributed by atoms with Gasteiger partial charge in [0.2, 0.25) is 5.91 Å². The van der Waals surface area contributed by atoms with Gasteiger partial charge in [-0.25, -0.2) is 4.79 Å². The van der Waals surface area contributed by atoms with Gasteiger partial charge in [0.1, 0.15) is 6.04 Å². The number of aliphatic hydroxyl groups is 1. The predicted molar refractivity (Wildman–Crippen MR) is 124 cm³/mol. The van der Waals surface area contributed by atoms with Crippen molar-refractivity contribution in [2.75, 3.05) is 6.61 Å². The van der Waals surface area contributed by atoms with E-state index in [-0.39, 0.29) is 16.9 Å². The molecule has 9 nitrogen and oxygen atoms in total. The number of oxime groups is 1. The number of amides is 2. The summed E-state index contributed by atoms with van der Waals surface area (Å²) in [7, 11) is 0. The lowest BCUT2D eigenvalue weighted by molar-refractivity contribution is -0.144. The van der Waals surface area contributed by atoms with E-state index < -0.39 is 36.9 Å². The molecule has 0 radical (unpaired) electrons. The number of carboxylic acid groups (broad SMARTS) is 1. The number of aliphatic carboxylic acids is 1. The number of aliphatic hydroxyl groups excluding tert-OH is 1. The molecule has 2 amide bonds. The number of carbonyl (C=O) groups excluding carboxylic acids is 2. The highest BCUT2D eigenvalue weighted by atomic mass is 16.6. The Morgan fingerprint density at radius 3 is 2.65 bits per heavy atom. The van der Waals surface area contributed by atoms with Crippen LogP contribution in [0.15, 0.2) is 16.8 Å². The first-order valence-corrected chi connectivity index (χ1v) is 12.4. The van der Waals surface area contributed by atoms with Crippen LogP contribution < -0.4 is 11.1 Å². The summed E-state index contributed by atoms with van der Waals surface area (Å²) in [6.07, 6.45) is 9.71. The molecule has 0 heterocycles. The van der Waals surface area contributed by atoms with Gasteiger partial charge in [-0.3, -0.25) is 9.59 Å². The molecule has 188 valence electrons. The SMILES string of the molecule is C[C@]12CC[C@@H]3[C@H](CCC4=CC(=NOCC(=O)N[C@H](CC(N)=O)C(=O)O)CC[C@@]43C)[C@H]1CC[C@H]2O. The van der Waals surface area contributed by atoms with Gasteiger partial charge in [-0.15, -0.1) is 0 Å². The highest BCUT2D eigenvalue weighted by Crippen LogP contribution is 2.65. The maximum absolute atomic E-state index is 12.0. The van der Waals surface area contributed by atoms with E-state index in [1.54, 1.807) is 0 Å². The molecule has 34 heavy (non-hydrogen) atoms. The molecule has 0 aromatic heterocycles. The molecule has 0 spiro atoms. The molecule has 0 unspecified atom stereocenters. The number of fused-ring (bicyclic) bond motifs is 5. The van der Waals surface area contributed by atoms with E-state index in [2.05, 4.69) is 30.4 Å². The second kappa shape index (κ2) is 9.32. The van der Waals surface area contributed by atoms with Crippen LogP contribution in [0.1, 0.15) is 71.6 Å². The number of rotatable bonds is 7. The standard InChI is InChI=1S/C25H37N3O6/c1-24-9-7-15(28-34-13-22(31)27-19(23(32)33)12-21(26)30)11-14(24)3-4-16-17-5-6-20(29)25(17,2)10-8-18(16)24/h11,16-20,29H,3-10,12-13H2,1-2H3,(H2,26,30)(H,27,31)(H,32,33)/t16-,17-,18-,19-,20-,24+,25+/m1/s1. The van der Waals surface area contributed by atoms with Crippen LogP contribution in [0.25, 0.3) is 0 Å². The fourth-order valence-corrected chi connectivity index (χ4v) is 7.43. The number of nitrogens with two attached hydrogens (primary N) is 1. The third-order valence-electron chi connectivity index (χ3n) is 9.34. The van der Waals surface area contributed by atoms with Crippen molar-refractivity contribution >= 4 is 23.5 Å². The van der Waals surface area contributed by atoms with E-state index in [0.717, 1.165) is 57.1 Å². The summed E-state index contributed by atoms with van der Waals surface area (Å²) in [4.78, 5) is 39.3. The first-order chi connectivity index (χ1) is 16.0. The Kier molecular flexibility index (Phi) is 6.77. The minimum absolute atomic E-state index is 0.0749. The maximum atomic E-state index is 12.0. The van der Waals surface area contributed by atoms with Crippen molar-refractivity contribution in [1.29, 1.82) is 0 Å². The normalized spacial score (nSPS) is 38.7. The Morgan fingerprint density at radius 1 is 1.18 bits per heavy atom. The molecule has 7 atom stereocenters. The fraction of sp³-hybridized carbons (Fsp3) is 0.760. The van der Waals surface area contributed by atoms with Gasteiger partial charge in [0.15, 0.2) is 6.61 Å². The van der Waals surface area contributed by atoms with Crippen LogP contribution in [-0.2, 0) is 19.2 Å². The van der Waals surface area contributed by atoms with Crippen LogP contribution in [0.5, 0.6) is 0 Å². The zero-order chi connectivity index (χ0) is 24.7. The molecule has 0 saturated heterocycles. The number of hydrogen-bond donors (Lipinski definition) is 4. The van der Waals surface area contributed by atoms with Gasteiger partial charge < -0.3 is 26.1 Å². The molecule has 4 rings (SSSR count). The van der Waals surface area contributed by atoms with Crippen molar-refractivity contribution in [2.45, 2.75) is 83.8 Å². The molecular formula is C25H37N3O6. The fourth-order valence-electron chi connectivity index (χ4n) is 7.43. The van der Waals surface area contributed by atoms with Gasteiger partial charge in [0.25, 0.3) is 5.91 Å². The first-order valence-electron chi connectivity index (χ1n) is 12.4. The summed E-state index contributed by atoms with van der Waals surface area (Å²) in [6.45, 7) is 4.25. The summed E-state index contributed by atoms with van der Waals surface area (Å²) in [6, 6.07) is -1.38. The highest BCUT2D eigenvalue weighted by Gasteiger charge is 2.58. The Labute approximate surface area is 200 Å². The molecule has 3 fully saturated rings. The number of primary amides is 1. The third kappa shape index (κ3) is 4.46. The van der Waals surface area contributed by atoms with Crippen molar-refractivity contribution in [2.24, 2.45) is 39.5 Å². The molecule has 4 aliphatic rings. The molecule has 9 heteroatoms. The number of nitrogens with one attached hydrogen (secondary N) is 1. The number of carbonyl (C=O) groups is 3. The first kappa shape index (κ1) is 24.7. The van der Waals surface area contributed by atoms with E-state index in [1.807, 2.05) is 0 Å². The van der Waals surface area contributed by atoms with E-state index >= 15 is 0 Å². The highest BCUT2D eigenvalue weighted by molar-refractivity contribution is 5.96. The van der Waals surface area contributed by atoms with E-state index in [0.29, 0.717) is 17.8 Å². The van der Waals surface area contributed by atoms with Gasteiger partial charge in [0, 0.05) is 0 Å². The van der Waals surface area contributed by atoms with Gasteiger partial charge >= 0.3 is 5.97 Å². The molecule has 0 aliphatic heterocycles. The molecule has 4 aliphatic carbocycles. The number of carboxylic acids is 1. The zero-order valence-electron chi connectivity index (χ0n) is 20.1. The number of nitrogens with zero attached hydrogens (tertiary/aromatic N) is 1. The molecule has 5 N–H and O–H groups in total. The molecule has 3 saturated carbocycles. The van der Waals surface area contributed by atoms with Crippen LogP contribution >= 0.6 is 0 Å². The lowest BCUT2D eigenvalue weighted by Gasteiger charge is -2.57. The monoisotopic (exact) mass is 475 g/mol.